The normalized spacial score (nSPS) is 14.8. The molecule has 0 bridgehead atoms. The number of rotatable bonds is 7. The highest BCUT2D eigenvalue weighted by Gasteiger charge is 2.26. The highest BCUT2D eigenvalue weighted by Crippen LogP contribution is 2.37. The maximum atomic E-state index is 11.6. The maximum Gasteiger partial charge on any atom is 0.252 e. The number of likely N-dealkylation sites (N-methyl/N-ethyl adjacent to an activating group) is 1. The summed E-state index contributed by atoms with van der Waals surface area (Å²) < 4.78 is 0. The minimum absolute atomic E-state index is 0.0460. The fraction of sp³-hybridized carbons (Fsp3) is 0.692. The van der Waals surface area contributed by atoms with Crippen LogP contribution >= 0.6 is 0 Å². The summed E-state index contributed by atoms with van der Waals surface area (Å²) in [6.45, 7) is 4.96. The number of hydrogen-bond donors (Lipinski definition) is 2. The molecule has 0 saturated heterocycles. The topological polar surface area (TPSA) is 61.0 Å². The molecule has 1 aromatic rings. The second-order valence-electron chi connectivity index (χ2n) is 4.93. The summed E-state index contributed by atoms with van der Waals surface area (Å²) >= 11 is 0. The van der Waals surface area contributed by atoms with Gasteiger partial charge in [-0.25, -0.2) is 4.98 Å². The van der Waals surface area contributed by atoms with Crippen molar-refractivity contribution < 1.29 is 0 Å². The predicted molar refractivity (Wildman–Crippen MR) is 73.3 cm³/mol. The number of anilines is 1. The van der Waals surface area contributed by atoms with Crippen molar-refractivity contribution in [1.29, 1.82) is 0 Å². The third-order valence-corrected chi connectivity index (χ3v) is 3.15. The molecule has 0 aliphatic heterocycles. The number of H-pyrrole nitrogens is 1. The molecule has 0 aromatic carbocycles. The lowest BCUT2D eigenvalue weighted by atomic mass is 10.3. The molecule has 0 radical (unpaired) electrons. The van der Waals surface area contributed by atoms with Gasteiger partial charge in [0.05, 0.1) is 0 Å². The molecule has 1 aromatic heterocycles. The Bertz CT molecular complexity index is 439. The van der Waals surface area contributed by atoms with Gasteiger partial charge in [-0.1, -0.05) is 6.92 Å². The molecule has 100 valence electrons. The van der Waals surface area contributed by atoms with Gasteiger partial charge in [0.25, 0.3) is 5.56 Å². The number of nitrogens with one attached hydrogen (secondary N) is 2. The highest BCUT2D eigenvalue weighted by molar-refractivity contribution is 5.37. The molecular formula is C13H22N4O. The lowest BCUT2D eigenvalue weighted by Gasteiger charge is -2.18. The summed E-state index contributed by atoms with van der Waals surface area (Å²) in [5.74, 6) is 2.11. The molecule has 0 unspecified atom stereocenters. The number of nitrogens with zero attached hydrogens (tertiary/aromatic N) is 2. The molecule has 1 aliphatic carbocycles. The van der Waals surface area contributed by atoms with Gasteiger partial charge in [0.2, 0.25) is 0 Å². The first-order valence-electron chi connectivity index (χ1n) is 6.74. The Morgan fingerprint density at radius 1 is 1.50 bits per heavy atom. The second kappa shape index (κ2) is 6.00. The van der Waals surface area contributed by atoms with Crippen LogP contribution in [0.4, 0.5) is 5.82 Å². The number of hydrogen-bond acceptors (Lipinski definition) is 4. The highest BCUT2D eigenvalue weighted by atomic mass is 16.1. The average molecular weight is 250 g/mol. The van der Waals surface area contributed by atoms with Gasteiger partial charge in [-0.05, 0) is 25.8 Å². The quantitative estimate of drug-likeness (QED) is 0.711. The summed E-state index contributed by atoms with van der Waals surface area (Å²) in [6.07, 6.45) is 3.43. The van der Waals surface area contributed by atoms with Crippen LogP contribution in [-0.4, -0.2) is 36.6 Å². The monoisotopic (exact) mass is 250 g/mol. The van der Waals surface area contributed by atoms with Crippen molar-refractivity contribution in [3.8, 4) is 0 Å². The van der Waals surface area contributed by atoms with Crippen molar-refractivity contribution in [3.63, 3.8) is 0 Å². The molecule has 18 heavy (non-hydrogen) atoms. The van der Waals surface area contributed by atoms with E-state index in [0.29, 0.717) is 5.92 Å². The van der Waals surface area contributed by atoms with Crippen molar-refractivity contribution in [2.75, 3.05) is 31.6 Å². The zero-order valence-electron chi connectivity index (χ0n) is 11.2. The van der Waals surface area contributed by atoms with Crippen LogP contribution in [0.15, 0.2) is 10.9 Å². The van der Waals surface area contributed by atoms with Gasteiger partial charge in [0.15, 0.2) is 0 Å². The smallest absolute Gasteiger partial charge is 0.252 e. The lowest BCUT2D eigenvalue weighted by Crippen LogP contribution is -2.31. The molecule has 0 amide bonds. The minimum Gasteiger partial charge on any atom is -0.358 e. The molecule has 1 heterocycles. The van der Waals surface area contributed by atoms with E-state index in [-0.39, 0.29) is 5.56 Å². The van der Waals surface area contributed by atoms with E-state index in [1.807, 2.05) is 11.9 Å². The van der Waals surface area contributed by atoms with Gasteiger partial charge in [0.1, 0.15) is 11.6 Å². The van der Waals surface area contributed by atoms with E-state index in [1.54, 1.807) is 6.07 Å². The molecule has 5 heteroatoms. The summed E-state index contributed by atoms with van der Waals surface area (Å²) in [5.41, 5.74) is -0.0460. The van der Waals surface area contributed by atoms with Gasteiger partial charge < -0.3 is 15.2 Å². The maximum absolute atomic E-state index is 11.6. The van der Waals surface area contributed by atoms with Crippen LogP contribution in [0.25, 0.3) is 0 Å². The van der Waals surface area contributed by atoms with E-state index in [0.717, 1.165) is 50.5 Å². The van der Waals surface area contributed by atoms with Gasteiger partial charge in [-0.15, -0.1) is 0 Å². The largest absolute Gasteiger partial charge is 0.358 e. The Morgan fingerprint density at radius 3 is 2.94 bits per heavy atom. The van der Waals surface area contributed by atoms with E-state index in [2.05, 4.69) is 22.2 Å². The molecular weight excluding hydrogens is 228 g/mol. The zero-order valence-corrected chi connectivity index (χ0v) is 11.2. The van der Waals surface area contributed by atoms with E-state index < -0.39 is 0 Å². The Hall–Kier alpha value is -1.36. The van der Waals surface area contributed by atoms with E-state index >= 15 is 0 Å². The van der Waals surface area contributed by atoms with E-state index in [1.165, 1.54) is 0 Å². The van der Waals surface area contributed by atoms with Gasteiger partial charge in [0, 0.05) is 32.1 Å². The van der Waals surface area contributed by atoms with Gasteiger partial charge >= 0.3 is 0 Å². The number of aromatic nitrogens is 2. The molecule has 0 atom stereocenters. The summed E-state index contributed by atoms with van der Waals surface area (Å²) in [7, 11) is 1.98. The van der Waals surface area contributed by atoms with Gasteiger partial charge in [-0.3, -0.25) is 4.79 Å². The van der Waals surface area contributed by atoms with Crippen LogP contribution in [0, 0.1) is 0 Å². The van der Waals surface area contributed by atoms with Crippen molar-refractivity contribution in [2.24, 2.45) is 0 Å². The van der Waals surface area contributed by atoms with Crippen LogP contribution in [0.2, 0.25) is 0 Å². The third kappa shape index (κ3) is 3.57. The second-order valence-corrected chi connectivity index (χ2v) is 4.93. The molecule has 1 fully saturated rings. The van der Waals surface area contributed by atoms with Crippen LogP contribution in [0.3, 0.4) is 0 Å². The third-order valence-electron chi connectivity index (χ3n) is 3.15. The summed E-state index contributed by atoms with van der Waals surface area (Å²) in [5, 5.41) is 3.34. The summed E-state index contributed by atoms with van der Waals surface area (Å²) in [6, 6.07) is 1.58. The average Bonchev–Trinajstić information content (AvgIpc) is 3.18. The number of aromatic amines is 1. The van der Waals surface area contributed by atoms with Crippen molar-refractivity contribution >= 4 is 5.82 Å². The van der Waals surface area contributed by atoms with E-state index in [4.69, 9.17) is 0 Å². The first-order chi connectivity index (χ1) is 8.70. The van der Waals surface area contributed by atoms with Gasteiger partial charge in [-0.2, -0.15) is 0 Å². The first-order valence-corrected chi connectivity index (χ1v) is 6.74. The molecule has 0 spiro atoms. The Balaban J connectivity index is 1.96. The molecule has 2 rings (SSSR count). The van der Waals surface area contributed by atoms with Crippen LogP contribution < -0.4 is 15.8 Å². The first kappa shape index (κ1) is 13.1. The fourth-order valence-electron chi connectivity index (χ4n) is 1.87. The van der Waals surface area contributed by atoms with Crippen LogP contribution in [0.5, 0.6) is 0 Å². The lowest BCUT2D eigenvalue weighted by molar-refractivity contribution is 0.662. The van der Waals surface area contributed by atoms with E-state index in [9.17, 15) is 4.79 Å². The standard InChI is InChI=1S/C13H22N4O/c1-3-6-14-7-8-17(2)11-9-12(18)16-13(15-11)10-4-5-10/h9-10,14H,3-8H2,1-2H3,(H,15,16,18). The SMILES string of the molecule is CCCNCCN(C)c1cc(=O)[nH]c(C2CC2)n1. The molecule has 2 N–H and O–H groups in total. The Morgan fingerprint density at radius 2 is 2.28 bits per heavy atom. The van der Waals surface area contributed by atoms with Crippen LogP contribution in [-0.2, 0) is 0 Å². The van der Waals surface area contributed by atoms with Crippen LogP contribution in [0.1, 0.15) is 37.9 Å². The fourth-order valence-corrected chi connectivity index (χ4v) is 1.87. The Kier molecular flexibility index (Phi) is 4.36. The Labute approximate surface area is 108 Å². The van der Waals surface area contributed by atoms with Crippen molar-refractivity contribution in [1.82, 2.24) is 15.3 Å². The van der Waals surface area contributed by atoms with Crippen molar-refractivity contribution in [3.05, 3.63) is 22.2 Å². The minimum atomic E-state index is -0.0460. The molecule has 5 nitrogen and oxygen atoms in total. The summed E-state index contributed by atoms with van der Waals surface area (Å²) in [4.78, 5) is 21.0. The van der Waals surface area contributed by atoms with Crippen molar-refractivity contribution in [2.45, 2.75) is 32.1 Å². The zero-order chi connectivity index (χ0) is 13.0. The predicted octanol–water partition coefficient (Wildman–Crippen LogP) is 1.08. The molecule has 1 saturated carbocycles. The molecule has 1 aliphatic rings.